The zero-order chi connectivity index (χ0) is 16.4. The average Bonchev–Trinajstić information content (AvgIpc) is 2.56. The summed E-state index contributed by atoms with van der Waals surface area (Å²) in [5, 5.41) is 9.07. The summed E-state index contributed by atoms with van der Waals surface area (Å²) in [7, 11) is 1.65. The van der Waals surface area contributed by atoms with Crippen molar-refractivity contribution in [2.24, 2.45) is 0 Å². The summed E-state index contributed by atoms with van der Waals surface area (Å²) in [5.41, 5.74) is 2.72. The van der Waals surface area contributed by atoms with Gasteiger partial charge in [-0.3, -0.25) is 9.59 Å². The number of ether oxygens (including phenoxy) is 1. The third-order valence-electron chi connectivity index (χ3n) is 4.15. The van der Waals surface area contributed by atoms with Gasteiger partial charge in [0.15, 0.2) is 0 Å². The molecule has 0 aliphatic heterocycles. The molecule has 1 aliphatic carbocycles. The lowest BCUT2D eigenvalue weighted by Crippen LogP contribution is -2.41. The molecule has 2 aromatic rings. The summed E-state index contributed by atoms with van der Waals surface area (Å²) in [5.74, 6) is 0.503. The minimum absolute atomic E-state index is 0.0243. The van der Waals surface area contributed by atoms with E-state index in [-0.39, 0.29) is 17.5 Å². The Balaban J connectivity index is 1.73. The van der Waals surface area contributed by atoms with Crippen LogP contribution in [0.25, 0.3) is 0 Å². The zero-order valence-electron chi connectivity index (χ0n) is 13.2. The maximum absolute atomic E-state index is 12.3. The van der Waals surface area contributed by atoms with Gasteiger partial charge >= 0.3 is 0 Å². The number of aryl methyl sites for hydroxylation is 2. The first-order valence-electron chi connectivity index (χ1n) is 7.60. The molecule has 0 fully saturated rings. The normalized spacial score (nSPS) is 16.5. The molecule has 1 atom stereocenters. The van der Waals surface area contributed by atoms with Gasteiger partial charge in [-0.1, -0.05) is 6.07 Å². The molecule has 2 N–H and O–H groups in total. The van der Waals surface area contributed by atoms with E-state index in [1.54, 1.807) is 14.0 Å². The van der Waals surface area contributed by atoms with Crippen molar-refractivity contribution in [2.75, 3.05) is 7.11 Å². The summed E-state index contributed by atoms with van der Waals surface area (Å²) in [6.45, 7) is 1.73. The third-order valence-corrected chi connectivity index (χ3v) is 4.15. The Bertz CT molecular complexity index is 798. The molecule has 0 bridgehead atoms. The number of H-pyrrole nitrogens is 1. The van der Waals surface area contributed by atoms with Gasteiger partial charge in [-0.25, -0.2) is 5.10 Å². The fourth-order valence-electron chi connectivity index (χ4n) is 2.92. The standard InChI is InChI=1S/C17H19N3O3/c1-10-7-15(17(22)20-19-10)16(21)18-13-5-3-12-9-14(23-2)6-4-11(12)8-13/h4,6-7,9,13H,3,5,8H2,1-2H3,(H,18,21)(H,20,22). The molecule has 1 aliphatic rings. The van der Waals surface area contributed by atoms with Gasteiger partial charge in [0, 0.05) is 6.04 Å². The summed E-state index contributed by atoms with van der Waals surface area (Å²) in [6, 6.07) is 7.55. The third kappa shape index (κ3) is 3.26. The van der Waals surface area contributed by atoms with Gasteiger partial charge in [0.05, 0.1) is 12.8 Å². The Labute approximate surface area is 133 Å². The minimum Gasteiger partial charge on any atom is -0.497 e. The van der Waals surface area contributed by atoms with E-state index in [2.05, 4.69) is 15.5 Å². The number of aromatic nitrogens is 2. The first-order valence-corrected chi connectivity index (χ1v) is 7.60. The highest BCUT2D eigenvalue weighted by Crippen LogP contribution is 2.25. The summed E-state index contributed by atoms with van der Waals surface area (Å²) < 4.78 is 5.24. The van der Waals surface area contributed by atoms with Crippen LogP contribution in [-0.2, 0) is 12.8 Å². The number of rotatable bonds is 3. The number of nitrogens with one attached hydrogen (secondary N) is 2. The molecule has 6 heteroatoms. The average molecular weight is 313 g/mol. The maximum atomic E-state index is 12.3. The van der Waals surface area contributed by atoms with E-state index in [0.29, 0.717) is 5.69 Å². The molecule has 1 aromatic heterocycles. The second kappa shape index (κ2) is 6.24. The predicted molar refractivity (Wildman–Crippen MR) is 85.9 cm³/mol. The second-order valence-electron chi connectivity index (χ2n) is 5.80. The van der Waals surface area contributed by atoms with Crippen LogP contribution in [0, 0.1) is 6.92 Å². The molecular formula is C17H19N3O3. The van der Waals surface area contributed by atoms with Crippen molar-refractivity contribution in [3.05, 3.63) is 57.0 Å². The number of hydrogen-bond acceptors (Lipinski definition) is 4. The molecule has 120 valence electrons. The van der Waals surface area contributed by atoms with E-state index in [1.807, 2.05) is 18.2 Å². The molecule has 1 aromatic carbocycles. The van der Waals surface area contributed by atoms with Gasteiger partial charge in [-0.2, -0.15) is 5.10 Å². The highest BCUT2D eigenvalue weighted by molar-refractivity contribution is 5.94. The van der Waals surface area contributed by atoms with Crippen molar-refractivity contribution in [3.63, 3.8) is 0 Å². The van der Waals surface area contributed by atoms with Crippen LogP contribution in [-0.4, -0.2) is 29.3 Å². The van der Waals surface area contributed by atoms with E-state index in [1.165, 1.54) is 17.2 Å². The van der Waals surface area contributed by atoms with E-state index in [9.17, 15) is 9.59 Å². The lowest BCUT2D eigenvalue weighted by molar-refractivity contribution is 0.0931. The van der Waals surface area contributed by atoms with E-state index < -0.39 is 5.56 Å². The van der Waals surface area contributed by atoms with Crippen LogP contribution in [0.5, 0.6) is 5.75 Å². The fraction of sp³-hybridized carbons (Fsp3) is 0.353. The molecular weight excluding hydrogens is 294 g/mol. The van der Waals surface area contributed by atoms with Gasteiger partial charge in [-0.05, 0) is 55.5 Å². The fourth-order valence-corrected chi connectivity index (χ4v) is 2.92. The molecule has 0 saturated heterocycles. The van der Waals surface area contributed by atoms with Crippen molar-refractivity contribution in [1.82, 2.24) is 15.5 Å². The van der Waals surface area contributed by atoms with Crippen molar-refractivity contribution in [1.29, 1.82) is 0 Å². The Hall–Kier alpha value is -2.63. The number of carbonyl (C=O) groups is 1. The van der Waals surface area contributed by atoms with Crippen molar-refractivity contribution < 1.29 is 9.53 Å². The van der Waals surface area contributed by atoms with Crippen molar-refractivity contribution in [3.8, 4) is 5.75 Å². The van der Waals surface area contributed by atoms with Crippen LogP contribution in [0.1, 0.15) is 33.6 Å². The Morgan fingerprint density at radius 2 is 2.17 bits per heavy atom. The monoisotopic (exact) mass is 313 g/mol. The number of benzene rings is 1. The summed E-state index contributed by atoms with van der Waals surface area (Å²) in [6.07, 6.45) is 2.48. The number of amides is 1. The number of nitrogens with zero attached hydrogens (tertiary/aromatic N) is 1. The summed E-state index contributed by atoms with van der Waals surface area (Å²) in [4.78, 5) is 24.1. The van der Waals surface area contributed by atoms with Gasteiger partial charge < -0.3 is 10.1 Å². The topological polar surface area (TPSA) is 84.1 Å². The highest BCUT2D eigenvalue weighted by atomic mass is 16.5. The molecule has 0 radical (unpaired) electrons. The number of methoxy groups -OCH3 is 1. The van der Waals surface area contributed by atoms with Gasteiger partial charge in [-0.15, -0.1) is 0 Å². The SMILES string of the molecule is COc1ccc2c(c1)CCC(NC(=O)c1cc(C)n[nH]c1=O)C2. The van der Waals surface area contributed by atoms with Crippen LogP contribution in [0.2, 0.25) is 0 Å². The predicted octanol–water partition coefficient (Wildman–Crippen LogP) is 1.37. The Kier molecular flexibility index (Phi) is 4.14. The van der Waals surface area contributed by atoms with Crippen LogP contribution >= 0.6 is 0 Å². The molecule has 0 saturated carbocycles. The first kappa shape index (κ1) is 15.3. The molecule has 6 nitrogen and oxygen atoms in total. The Morgan fingerprint density at radius 3 is 2.96 bits per heavy atom. The molecule has 23 heavy (non-hydrogen) atoms. The van der Waals surface area contributed by atoms with E-state index in [4.69, 9.17) is 4.74 Å². The number of hydrogen-bond donors (Lipinski definition) is 2. The van der Waals surface area contributed by atoms with Crippen molar-refractivity contribution >= 4 is 5.91 Å². The van der Waals surface area contributed by atoms with Gasteiger partial charge in [0.25, 0.3) is 11.5 Å². The minimum atomic E-state index is -0.464. The first-order chi connectivity index (χ1) is 11.1. The van der Waals surface area contributed by atoms with Crippen LogP contribution < -0.4 is 15.6 Å². The van der Waals surface area contributed by atoms with Crippen LogP contribution in [0.4, 0.5) is 0 Å². The lowest BCUT2D eigenvalue weighted by Gasteiger charge is -2.25. The molecule has 1 unspecified atom stereocenters. The molecule has 1 heterocycles. The van der Waals surface area contributed by atoms with Crippen LogP contribution in [0.15, 0.2) is 29.1 Å². The van der Waals surface area contributed by atoms with E-state index in [0.717, 1.165) is 25.0 Å². The second-order valence-corrected chi connectivity index (χ2v) is 5.80. The van der Waals surface area contributed by atoms with Crippen LogP contribution in [0.3, 0.4) is 0 Å². The van der Waals surface area contributed by atoms with Crippen molar-refractivity contribution in [2.45, 2.75) is 32.2 Å². The van der Waals surface area contributed by atoms with Gasteiger partial charge in [0.2, 0.25) is 0 Å². The van der Waals surface area contributed by atoms with E-state index >= 15 is 0 Å². The number of carbonyl (C=O) groups excluding carboxylic acids is 1. The van der Waals surface area contributed by atoms with Gasteiger partial charge in [0.1, 0.15) is 11.3 Å². The number of aromatic amines is 1. The molecule has 1 amide bonds. The molecule has 0 spiro atoms. The molecule has 3 rings (SSSR count). The summed E-state index contributed by atoms with van der Waals surface area (Å²) >= 11 is 0. The lowest BCUT2D eigenvalue weighted by atomic mass is 9.88. The smallest absolute Gasteiger partial charge is 0.277 e. The number of fused-ring (bicyclic) bond motifs is 1. The Morgan fingerprint density at radius 1 is 1.35 bits per heavy atom. The quantitative estimate of drug-likeness (QED) is 0.896. The highest BCUT2D eigenvalue weighted by Gasteiger charge is 2.22. The maximum Gasteiger partial charge on any atom is 0.277 e. The zero-order valence-corrected chi connectivity index (χ0v) is 13.2. The largest absolute Gasteiger partial charge is 0.497 e.